The highest BCUT2D eigenvalue weighted by molar-refractivity contribution is 7.48. The van der Waals surface area contributed by atoms with Crippen LogP contribution in [-0.2, 0) is 59.4 Å². The number of alkyl halides is 3. The van der Waals surface area contributed by atoms with Crippen LogP contribution in [0.3, 0.4) is 0 Å². The Morgan fingerprint density at radius 3 is 2.19 bits per heavy atom. The van der Waals surface area contributed by atoms with Crippen LogP contribution in [-0.4, -0.2) is 42.3 Å². The SMILES string of the molecule is COC(=O)C1(N(C(=O)C(F)(F)F)c2cccc(Cl)c2)CCC2(CC1)c1cc(OP(=O)(OCc3ccccc3)OCc3ccccc3)ccc1C[C@@H]2C[C@@H](C)COc1ccnc2c1[C@H](C)CCC2. The molecule has 0 radical (unpaired) electrons. The minimum Gasteiger partial charge on any atom is -0.493 e. The van der Waals surface area contributed by atoms with Gasteiger partial charge in [0.05, 0.1) is 26.9 Å². The quantitative estimate of drug-likeness (QED) is 0.0704. The zero-order chi connectivity index (χ0) is 47.4. The summed E-state index contributed by atoms with van der Waals surface area (Å²) in [5, 5.41) is 0.0952. The molecule has 0 unspecified atom stereocenters. The first-order valence-electron chi connectivity index (χ1n) is 22.8. The fourth-order valence-corrected chi connectivity index (χ4v) is 11.9. The van der Waals surface area contributed by atoms with Crippen molar-refractivity contribution in [3.63, 3.8) is 0 Å². The van der Waals surface area contributed by atoms with E-state index in [0.29, 0.717) is 30.3 Å². The Hall–Kier alpha value is -5.20. The predicted octanol–water partition coefficient (Wildman–Crippen LogP) is 12.7. The molecule has 5 aromatic rings. The summed E-state index contributed by atoms with van der Waals surface area (Å²) in [5.74, 6) is -1.85. The number of phosphoric ester groups is 1. The van der Waals surface area contributed by atoms with Crippen molar-refractivity contribution in [3.05, 3.63) is 154 Å². The maximum Gasteiger partial charge on any atom is 0.530 e. The Labute approximate surface area is 394 Å². The molecular weight excluding hydrogens is 904 g/mol. The van der Waals surface area contributed by atoms with Gasteiger partial charge in [-0.05, 0) is 140 Å². The average molecular weight is 959 g/mol. The predicted molar refractivity (Wildman–Crippen MR) is 249 cm³/mol. The molecule has 3 aliphatic rings. The Morgan fingerprint density at radius 2 is 1.57 bits per heavy atom. The molecule has 10 nitrogen and oxygen atoms in total. The number of phosphoric acid groups is 1. The van der Waals surface area contributed by atoms with Gasteiger partial charge in [-0.3, -0.25) is 23.7 Å². The van der Waals surface area contributed by atoms with Gasteiger partial charge in [-0.2, -0.15) is 13.2 Å². The van der Waals surface area contributed by atoms with Gasteiger partial charge in [0.2, 0.25) is 0 Å². The molecule has 1 aromatic heterocycles. The standard InChI is InChI=1S/C52H55ClF3N2O8P/c1-35(32-63-46-22-27-57-45-19-10-12-36(2)47(45)46)28-40-29-39-20-21-43(66-67(61,64-33-37-13-6-4-7-14-37)65-34-38-15-8-5-9-16-38)31-44(39)50(40)23-25-51(26-24-50,49(60)62-3)58(48(59)52(54,55)56)42-18-11-17-41(53)30-42/h4-9,11,13-18,20-22,27,30-31,35-36,40H,10,12,19,23-26,28-29,32-34H2,1-3H3/t35-,36-,40+,50?,51?/m1/s1. The molecule has 8 rings (SSSR count). The fraction of sp³-hybridized carbons (Fsp3) is 0.404. The number of ether oxygens (including phenoxy) is 2. The van der Waals surface area contributed by atoms with Crippen LogP contribution in [0.1, 0.15) is 98.2 Å². The van der Waals surface area contributed by atoms with E-state index in [2.05, 4.69) is 18.8 Å². The minimum atomic E-state index is -5.33. The first kappa shape index (κ1) is 48.3. The Balaban J connectivity index is 1.14. The number of methoxy groups -OCH3 is 1. The maximum absolute atomic E-state index is 14.6. The molecule has 15 heteroatoms. The molecule has 4 aromatic carbocycles. The van der Waals surface area contributed by atoms with Crippen LogP contribution in [0, 0.1) is 11.8 Å². The summed E-state index contributed by atoms with van der Waals surface area (Å²) in [6.07, 6.45) is 0.846. The molecule has 0 N–H and O–H groups in total. The van der Waals surface area contributed by atoms with Crippen molar-refractivity contribution in [1.29, 1.82) is 0 Å². The van der Waals surface area contributed by atoms with Gasteiger partial charge in [-0.25, -0.2) is 9.36 Å². The minimum absolute atomic E-state index is 0.0228. The average Bonchev–Trinajstić information content (AvgIpc) is 3.61. The molecule has 67 heavy (non-hydrogen) atoms. The van der Waals surface area contributed by atoms with Crippen molar-refractivity contribution in [2.75, 3.05) is 18.6 Å². The third kappa shape index (κ3) is 10.5. The molecule has 0 saturated heterocycles. The zero-order valence-electron chi connectivity index (χ0n) is 37.8. The fourth-order valence-electron chi connectivity index (χ4n) is 10.6. The van der Waals surface area contributed by atoms with Crippen LogP contribution >= 0.6 is 19.4 Å². The number of fused-ring (bicyclic) bond motifs is 3. The third-order valence-corrected chi connectivity index (χ3v) is 15.4. The van der Waals surface area contributed by atoms with Gasteiger partial charge in [0, 0.05) is 28.2 Å². The molecule has 1 fully saturated rings. The number of esters is 1. The smallest absolute Gasteiger partial charge is 0.493 e. The Morgan fingerprint density at radius 1 is 0.896 bits per heavy atom. The molecule has 3 aliphatic carbocycles. The molecular formula is C52H55ClF3N2O8P. The number of hydrogen-bond acceptors (Lipinski definition) is 9. The highest BCUT2D eigenvalue weighted by atomic mass is 35.5. The van der Waals surface area contributed by atoms with Crippen molar-refractivity contribution in [2.24, 2.45) is 11.8 Å². The third-order valence-electron chi connectivity index (χ3n) is 13.8. The lowest BCUT2D eigenvalue weighted by Gasteiger charge is -2.51. The number of aromatic nitrogens is 1. The van der Waals surface area contributed by atoms with Crippen LogP contribution in [0.5, 0.6) is 11.5 Å². The number of nitrogens with zero attached hydrogens (tertiary/aromatic N) is 2. The zero-order valence-corrected chi connectivity index (χ0v) is 39.5. The normalized spacial score (nSPS) is 21.8. The number of benzene rings is 4. The molecule has 1 heterocycles. The van der Waals surface area contributed by atoms with Crippen molar-refractivity contribution < 1.29 is 50.4 Å². The van der Waals surface area contributed by atoms with E-state index in [9.17, 15) is 27.3 Å². The molecule has 354 valence electrons. The van der Waals surface area contributed by atoms with E-state index in [1.54, 1.807) is 12.3 Å². The second-order valence-corrected chi connectivity index (χ2v) is 20.2. The maximum atomic E-state index is 14.6. The highest BCUT2D eigenvalue weighted by Gasteiger charge is 2.60. The monoisotopic (exact) mass is 958 g/mol. The number of aryl methyl sites for hydroxylation is 1. The number of amides is 1. The van der Waals surface area contributed by atoms with Crippen LogP contribution < -0.4 is 14.2 Å². The van der Waals surface area contributed by atoms with Crippen LogP contribution in [0.15, 0.2) is 115 Å². The van der Waals surface area contributed by atoms with Crippen molar-refractivity contribution in [3.8, 4) is 11.5 Å². The van der Waals surface area contributed by atoms with Crippen LogP contribution in [0.4, 0.5) is 18.9 Å². The topological polar surface area (TPSA) is 113 Å². The summed E-state index contributed by atoms with van der Waals surface area (Å²) < 4.78 is 88.5. The number of pyridine rings is 1. The van der Waals surface area contributed by atoms with E-state index in [1.807, 2.05) is 78.9 Å². The summed E-state index contributed by atoms with van der Waals surface area (Å²) in [4.78, 5) is 32.8. The van der Waals surface area contributed by atoms with Gasteiger partial charge in [-0.1, -0.05) is 98.2 Å². The van der Waals surface area contributed by atoms with Gasteiger partial charge in [0.15, 0.2) is 0 Å². The number of hydrogen-bond donors (Lipinski definition) is 0. The summed E-state index contributed by atoms with van der Waals surface area (Å²) in [7, 11) is -3.19. The van der Waals surface area contributed by atoms with Gasteiger partial charge in [0.25, 0.3) is 0 Å². The second-order valence-electron chi connectivity index (χ2n) is 18.2. The Kier molecular flexibility index (Phi) is 14.5. The van der Waals surface area contributed by atoms with E-state index >= 15 is 0 Å². The number of halogens is 4. The summed E-state index contributed by atoms with van der Waals surface area (Å²) >= 11 is 6.30. The Bertz CT molecular complexity index is 2540. The van der Waals surface area contributed by atoms with Gasteiger partial charge < -0.3 is 14.0 Å². The van der Waals surface area contributed by atoms with E-state index in [1.165, 1.54) is 24.3 Å². The largest absolute Gasteiger partial charge is 0.530 e. The lowest BCUT2D eigenvalue weighted by molar-refractivity contribution is -0.174. The van der Waals surface area contributed by atoms with Gasteiger partial charge in [0.1, 0.15) is 17.0 Å². The first-order chi connectivity index (χ1) is 32.1. The van der Waals surface area contributed by atoms with Crippen molar-refractivity contribution >= 4 is 37.0 Å². The molecule has 0 aliphatic heterocycles. The van der Waals surface area contributed by atoms with Gasteiger partial charge in [-0.15, -0.1) is 0 Å². The first-order valence-corrected chi connectivity index (χ1v) is 24.6. The molecule has 1 saturated carbocycles. The highest BCUT2D eigenvalue weighted by Crippen LogP contribution is 2.59. The molecule has 0 bridgehead atoms. The van der Waals surface area contributed by atoms with E-state index in [4.69, 9.17) is 34.6 Å². The number of carbonyl (C=O) groups excluding carboxylic acids is 2. The second kappa shape index (κ2) is 20.2. The van der Waals surface area contributed by atoms with Crippen molar-refractivity contribution in [1.82, 2.24) is 4.98 Å². The molecule has 1 spiro atoms. The lowest BCUT2D eigenvalue weighted by Crippen LogP contribution is -2.63. The molecule has 3 atom stereocenters. The number of rotatable bonds is 16. The van der Waals surface area contributed by atoms with Crippen molar-refractivity contribution in [2.45, 2.75) is 108 Å². The summed E-state index contributed by atoms with van der Waals surface area (Å²) in [6.45, 7) is 4.62. The number of anilines is 1. The summed E-state index contributed by atoms with van der Waals surface area (Å²) in [6, 6.07) is 31.4. The van der Waals surface area contributed by atoms with Gasteiger partial charge >= 0.3 is 25.9 Å². The van der Waals surface area contributed by atoms with Crippen LogP contribution in [0.25, 0.3) is 0 Å². The lowest BCUT2D eigenvalue weighted by atomic mass is 9.59. The van der Waals surface area contributed by atoms with E-state index in [0.717, 1.165) is 65.6 Å². The number of carbonyl (C=O) groups is 2. The van der Waals surface area contributed by atoms with Crippen LogP contribution in [0.2, 0.25) is 5.02 Å². The van der Waals surface area contributed by atoms with E-state index in [-0.39, 0.29) is 67.2 Å². The van der Waals surface area contributed by atoms with E-state index < -0.39 is 36.8 Å². The molecule has 1 amide bonds. The summed E-state index contributed by atoms with van der Waals surface area (Å²) in [5.41, 5.74) is 2.64.